The second-order valence-corrected chi connectivity index (χ2v) is 4.83. The van der Waals surface area contributed by atoms with Crippen molar-refractivity contribution in [3.05, 3.63) is 60.2 Å². The van der Waals surface area contributed by atoms with Gasteiger partial charge in [-0.1, -0.05) is 54.6 Å². The van der Waals surface area contributed by atoms with Crippen LogP contribution in [-0.4, -0.2) is 17.9 Å². The first-order valence-electron chi connectivity index (χ1n) is 7.10. The van der Waals surface area contributed by atoms with Crippen LogP contribution in [0.3, 0.4) is 0 Å². The summed E-state index contributed by atoms with van der Waals surface area (Å²) >= 11 is 0. The Labute approximate surface area is 132 Å². The zero-order chi connectivity index (χ0) is 17.0. The molecule has 0 aliphatic rings. The summed E-state index contributed by atoms with van der Waals surface area (Å²) in [7, 11) is 0. The maximum absolute atomic E-state index is 10.6. The highest BCUT2D eigenvalue weighted by molar-refractivity contribution is 5.73. The first-order valence-corrected chi connectivity index (χ1v) is 7.10. The number of esters is 1. The van der Waals surface area contributed by atoms with Gasteiger partial charge in [-0.3, -0.25) is 9.59 Å². The number of nitrogens with one attached hydrogen (secondary N) is 1. The molecule has 4 heteroatoms. The summed E-state index contributed by atoms with van der Waals surface area (Å²) in [6, 6.07) is 9.70. The van der Waals surface area contributed by atoms with Crippen LogP contribution in [0.2, 0.25) is 0 Å². The number of carbonyl (C=O) groups is 2. The van der Waals surface area contributed by atoms with Gasteiger partial charge in [0, 0.05) is 19.9 Å². The Bertz CT molecular complexity index is 506. The first kappa shape index (κ1) is 19.6. The Morgan fingerprint density at radius 3 is 2.27 bits per heavy atom. The summed E-state index contributed by atoms with van der Waals surface area (Å²) in [4.78, 5) is 21.0. The summed E-state index contributed by atoms with van der Waals surface area (Å²) in [6.45, 7) is 10.8. The van der Waals surface area contributed by atoms with E-state index in [-0.39, 0.29) is 17.9 Å². The van der Waals surface area contributed by atoms with E-state index in [1.165, 1.54) is 13.8 Å². The molecule has 0 fully saturated rings. The zero-order valence-electron chi connectivity index (χ0n) is 13.8. The molecule has 1 aromatic rings. The zero-order valence-corrected chi connectivity index (χ0v) is 13.8. The van der Waals surface area contributed by atoms with Gasteiger partial charge in [0.15, 0.2) is 0 Å². The predicted octanol–water partition coefficient (Wildman–Crippen LogP) is 3.39. The topological polar surface area (TPSA) is 55.4 Å². The van der Waals surface area contributed by atoms with Crippen LogP contribution in [0.1, 0.15) is 33.3 Å². The highest BCUT2D eigenvalue weighted by atomic mass is 16.5. The van der Waals surface area contributed by atoms with E-state index in [0.29, 0.717) is 6.61 Å². The van der Waals surface area contributed by atoms with Crippen molar-refractivity contribution in [3.8, 4) is 0 Å². The fraction of sp³-hybridized carbons (Fsp3) is 0.333. The molecule has 0 aliphatic heterocycles. The Morgan fingerprint density at radius 1 is 1.23 bits per heavy atom. The average Bonchev–Trinajstić information content (AvgIpc) is 2.46. The lowest BCUT2D eigenvalue weighted by molar-refractivity contribution is -0.142. The smallest absolute Gasteiger partial charge is 0.302 e. The molecule has 1 unspecified atom stereocenters. The molecule has 1 atom stereocenters. The quantitative estimate of drug-likeness (QED) is 0.670. The number of hydrogen-bond donors (Lipinski definition) is 1. The number of amides is 1. The Kier molecular flexibility index (Phi) is 10.1. The van der Waals surface area contributed by atoms with Crippen LogP contribution in [0.25, 0.3) is 0 Å². The molecule has 1 rings (SSSR count). The standard InChI is InChI=1S/C9H15NO.C9H10O2/c1-5-6-7(2)8(3)10-9(4)11;1-8(10)11-7-9-5-3-2-4-6-9/h5-6,8H,1H2,2-4H3,(H,10,11);2-6H,7H2,1H3/b7-6+;. The van der Waals surface area contributed by atoms with E-state index < -0.39 is 0 Å². The minimum Gasteiger partial charge on any atom is -0.461 e. The lowest BCUT2D eigenvalue weighted by atomic mass is 10.1. The summed E-state index contributed by atoms with van der Waals surface area (Å²) < 4.78 is 4.79. The molecule has 1 amide bonds. The fourth-order valence-corrected chi connectivity index (χ4v) is 1.51. The van der Waals surface area contributed by atoms with Gasteiger partial charge in [0.05, 0.1) is 0 Å². The maximum Gasteiger partial charge on any atom is 0.302 e. The molecule has 0 aliphatic carbocycles. The Morgan fingerprint density at radius 2 is 1.82 bits per heavy atom. The van der Waals surface area contributed by atoms with Crippen LogP contribution in [-0.2, 0) is 20.9 Å². The van der Waals surface area contributed by atoms with Crippen molar-refractivity contribution < 1.29 is 14.3 Å². The number of allylic oxidation sites excluding steroid dienone is 2. The molecule has 0 spiro atoms. The Balaban J connectivity index is 0.000000401. The van der Waals surface area contributed by atoms with Crippen molar-refractivity contribution >= 4 is 11.9 Å². The highest BCUT2D eigenvalue weighted by Crippen LogP contribution is 2.00. The van der Waals surface area contributed by atoms with Crippen LogP contribution in [0.4, 0.5) is 0 Å². The SMILES string of the molecule is C=C/C=C(\C)C(C)NC(C)=O.CC(=O)OCc1ccccc1. The molecular weight excluding hydrogens is 278 g/mol. The van der Waals surface area contributed by atoms with Crippen molar-refractivity contribution in [1.29, 1.82) is 0 Å². The largest absolute Gasteiger partial charge is 0.461 e. The molecule has 0 aromatic heterocycles. The number of carbonyl (C=O) groups excluding carboxylic acids is 2. The summed E-state index contributed by atoms with van der Waals surface area (Å²) in [5.74, 6) is -0.247. The number of ether oxygens (including phenoxy) is 1. The van der Waals surface area contributed by atoms with E-state index in [1.807, 2.05) is 50.3 Å². The Hall–Kier alpha value is -2.36. The van der Waals surface area contributed by atoms with Crippen molar-refractivity contribution in [2.24, 2.45) is 0 Å². The van der Waals surface area contributed by atoms with Gasteiger partial charge in [-0.25, -0.2) is 0 Å². The minimum absolute atomic E-state index is 0.00527. The molecule has 4 nitrogen and oxygen atoms in total. The molecule has 0 saturated carbocycles. The number of rotatable bonds is 5. The van der Waals surface area contributed by atoms with Gasteiger partial charge >= 0.3 is 5.97 Å². The van der Waals surface area contributed by atoms with Crippen LogP contribution >= 0.6 is 0 Å². The minimum atomic E-state index is -0.242. The number of benzene rings is 1. The molecule has 0 bridgehead atoms. The third-order valence-electron chi connectivity index (χ3n) is 2.77. The maximum atomic E-state index is 10.6. The van der Waals surface area contributed by atoms with E-state index in [1.54, 1.807) is 6.08 Å². The fourth-order valence-electron chi connectivity index (χ4n) is 1.51. The van der Waals surface area contributed by atoms with Crippen molar-refractivity contribution in [2.75, 3.05) is 0 Å². The third-order valence-corrected chi connectivity index (χ3v) is 2.77. The molecule has 0 heterocycles. The number of hydrogen-bond acceptors (Lipinski definition) is 3. The van der Waals surface area contributed by atoms with E-state index in [2.05, 4.69) is 11.9 Å². The van der Waals surface area contributed by atoms with E-state index in [0.717, 1.165) is 11.1 Å². The third kappa shape index (κ3) is 10.4. The van der Waals surface area contributed by atoms with Crippen LogP contribution in [0.5, 0.6) is 0 Å². The van der Waals surface area contributed by atoms with Crippen molar-refractivity contribution in [1.82, 2.24) is 5.32 Å². The van der Waals surface area contributed by atoms with Crippen LogP contribution in [0.15, 0.2) is 54.6 Å². The normalized spacial score (nSPS) is 11.5. The van der Waals surface area contributed by atoms with Gasteiger partial charge in [-0.2, -0.15) is 0 Å². The van der Waals surface area contributed by atoms with Gasteiger partial charge in [0.2, 0.25) is 5.91 Å². The predicted molar refractivity (Wildman–Crippen MR) is 89.1 cm³/mol. The van der Waals surface area contributed by atoms with Crippen molar-refractivity contribution in [3.63, 3.8) is 0 Å². The molecule has 0 radical (unpaired) electrons. The lowest BCUT2D eigenvalue weighted by Gasteiger charge is -2.11. The second kappa shape index (κ2) is 11.3. The highest BCUT2D eigenvalue weighted by Gasteiger charge is 2.02. The van der Waals surface area contributed by atoms with Gasteiger partial charge < -0.3 is 10.1 Å². The molecule has 1 aromatic carbocycles. The molecule has 1 N–H and O–H groups in total. The summed E-state index contributed by atoms with van der Waals surface area (Å²) in [5.41, 5.74) is 2.12. The molecular formula is C18H25NO3. The summed E-state index contributed by atoms with van der Waals surface area (Å²) in [6.07, 6.45) is 3.61. The van der Waals surface area contributed by atoms with Crippen LogP contribution in [0, 0.1) is 0 Å². The second-order valence-electron chi connectivity index (χ2n) is 4.83. The van der Waals surface area contributed by atoms with Gasteiger partial charge in [0.25, 0.3) is 0 Å². The van der Waals surface area contributed by atoms with Gasteiger partial charge in [-0.15, -0.1) is 0 Å². The first-order chi connectivity index (χ1) is 10.4. The lowest BCUT2D eigenvalue weighted by Crippen LogP contribution is -2.31. The molecule has 0 saturated heterocycles. The van der Waals surface area contributed by atoms with Crippen molar-refractivity contribution in [2.45, 2.75) is 40.3 Å². The van der Waals surface area contributed by atoms with Gasteiger partial charge in [-0.05, 0) is 19.4 Å². The van der Waals surface area contributed by atoms with Crippen LogP contribution < -0.4 is 5.32 Å². The van der Waals surface area contributed by atoms with E-state index >= 15 is 0 Å². The molecule has 22 heavy (non-hydrogen) atoms. The monoisotopic (exact) mass is 303 g/mol. The molecule has 120 valence electrons. The summed E-state index contributed by atoms with van der Waals surface area (Å²) in [5, 5.41) is 2.77. The van der Waals surface area contributed by atoms with E-state index in [9.17, 15) is 9.59 Å². The van der Waals surface area contributed by atoms with E-state index in [4.69, 9.17) is 4.74 Å². The van der Waals surface area contributed by atoms with Gasteiger partial charge in [0.1, 0.15) is 6.61 Å². The average molecular weight is 303 g/mol.